The summed E-state index contributed by atoms with van der Waals surface area (Å²) in [6.45, 7) is 1.33. The van der Waals surface area contributed by atoms with Crippen LogP contribution in [-0.4, -0.2) is 38.5 Å². The van der Waals surface area contributed by atoms with Crippen molar-refractivity contribution >= 4 is 26.7 Å². The number of pyridine rings is 1. The number of ether oxygens (including phenoxy) is 2. The molecule has 0 bridgehead atoms. The van der Waals surface area contributed by atoms with Crippen molar-refractivity contribution in [3.05, 3.63) is 76.5 Å². The zero-order valence-electron chi connectivity index (χ0n) is 19.4. The highest BCUT2D eigenvalue weighted by molar-refractivity contribution is 7.92. The van der Waals surface area contributed by atoms with Crippen LogP contribution in [0.3, 0.4) is 0 Å². The predicted octanol–water partition coefficient (Wildman–Crippen LogP) is 3.90. The zero-order valence-corrected chi connectivity index (χ0v) is 20.3. The lowest BCUT2D eigenvalue weighted by atomic mass is 9.92. The molecular weight excluding hydrogens is 489 g/mol. The highest BCUT2D eigenvalue weighted by Crippen LogP contribution is 2.31. The largest absolute Gasteiger partial charge is 0.495 e. The van der Waals surface area contributed by atoms with Gasteiger partial charge in [0.05, 0.1) is 23.2 Å². The van der Waals surface area contributed by atoms with Gasteiger partial charge in [-0.15, -0.1) is 0 Å². The van der Waals surface area contributed by atoms with Gasteiger partial charge in [0.25, 0.3) is 15.6 Å². The third-order valence-corrected chi connectivity index (χ3v) is 7.64. The minimum absolute atomic E-state index is 0.0341. The SMILES string of the molecule is COc1cc(CC2CCOCC2)c(F)cc1-n1c(=O)ccc2cc(S(=O)(=O)Nc3ccon3)ccc21. The molecule has 2 aromatic heterocycles. The number of nitrogens with zero attached hydrogens (tertiary/aromatic N) is 2. The summed E-state index contributed by atoms with van der Waals surface area (Å²) >= 11 is 0. The maximum atomic E-state index is 15.2. The first-order chi connectivity index (χ1) is 17.4. The van der Waals surface area contributed by atoms with E-state index in [1.54, 1.807) is 6.07 Å². The molecule has 1 aliphatic rings. The summed E-state index contributed by atoms with van der Waals surface area (Å²) in [4.78, 5) is 12.9. The predicted molar refractivity (Wildman–Crippen MR) is 131 cm³/mol. The summed E-state index contributed by atoms with van der Waals surface area (Å²) < 4.78 is 60.0. The number of fused-ring (bicyclic) bond motifs is 1. The van der Waals surface area contributed by atoms with Gasteiger partial charge in [-0.1, -0.05) is 5.16 Å². The van der Waals surface area contributed by atoms with E-state index in [9.17, 15) is 13.2 Å². The van der Waals surface area contributed by atoms with Crippen molar-refractivity contribution in [2.24, 2.45) is 5.92 Å². The maximum Gasteiger partial charge on any atom is 0.263 e. The Morgan fingerprint density at radius 3 is 2.67 bits per heavy atom. The van der Waals surface area contributed by atoms with Crippen LogP contribution in [0.15, 0.2) is 69.0 Å². The smallest absolute Gasteiger partial charge is 0.263 e. The van der Waals surface area contributed by atoms with Crippen molar-refractivity contribution in [3.63, 3.8) is 0 Å². The molecule has 0 aliphatic carbocycles. The van der Waals surface area contributed by atoms with E-state index in [-0.39, 0.29) is 16.4 Å². The lowest BCUT2D eigenvalue weighted by Gasteiger charge is -2.23. The Balaban J connectivity index is 1.56. The zero-order chi connectivity index (χ0) is 25.3. The molecule has 36 heavy (non-hydrogen) atoms. The van der Waals surface area contributed by atoms with E-state index in [2.05, 4.69) is 14.4 Å². The lowest BCUT2D eigenvalue weighted by Crippen LogP contribution is -2.20. The molecule has 188 valence electrons. The van der Waals surface area contributed by atoms with Crippen LogP contribution in [0, 0.1) is 11.7 Å². The van der Waals surface area contributed by atoms with Gasteiger partial charge in [0.15, 0.2) is 5.82 Å². The molecule has 5 rings (SSSR count). The third kappa shape index (κ3) is 4.71. The Labute approximate surface area is 206 Å². The minimum Gasteiger partial charge on any atom is -0.495 e. The molecule has 0 spiro atoms. The number of hydrogen-bond donors (Lipinski definition) is 1. The second kappa shape index (κ2) is 9.75. The van der Waals surface area contributed by atoms with Crippen molar-refractivity contribution in [2.45, 2.75) is 24.2 Å². The Morgan fingerprint density at radius 1 is 1.14 bits per heavy atom. The number of halogens is 1. The number of nitrogens with one attached hydrogen (secondary N) is 1. The molecule has 3 heterocycles. The van der Waals surface area contributed by atoms with Crippen LogP contribution in [0.2, 0.25) is 0 Å². The minimum atomic E-state index is -3.96. The van der Waals surface area contributed by atoms with Crippen LogP contribution < -0.4 is 15.0 Å². The number of rotatable bonds is 7. The summed E-state index contributed by atoms with van der Waals surface area (Å²) in [6, 6.07) is 11.4. The van der Waals surface area contributed by atoms with Gasteiger partial charge < -0.3 is 14.0 Å². The second-order valence-electron chi connectivity index (χ2n) is 8.59. The highest BCUT2D eigenvalue weighted by atomic mass is 32.2. The molecule has 9 nitrogen and oxygen atoms in total. The molecule has 0 atom stereocenters. The molecular formula is C25H24FN3O6S. The van der Waals surface area contributed by atoms with Gasteiger partial charge in [-0.25, -0.2) is 12.8 Å². The van der Waals surface area contributed by atoms with Crippen molar-refractivity contribution in [1.29, 1.82) is 0 Å². The Morgan fingerprint density at radius 2 is 1.94 bits per heavy atom. The second-order valence-corrected chi connectivity index (χ2v) is 10.3. The third-order valence-electron chi connectivity index (χ3n) is 6.29. The van der Waals surface area contributed by atoms with Gasteiger partial charge in [-0.3, -0.25) is 14.1 Å². The van der Waals surface area contributed by atoms with Crippen LogP contribution in [-0.2, 0) is 21.2 Å². The van der Waals surface area contributed by atoms with E-state index in [1.165, 1.54) is 60.4 Å². The van der Waals surface area contributed by atoms with Crippen molar-refractivity contribution in [2.75, 3.05) is 25.0 Å². The molecule has 2 aromatic carbocycles. The first-order valence-electron chi connectivity index (χ1n) is 11.4. The molecule has 4 aromatic rings. The molecule has 0 saturated carbocycles. The van der Waals surface area contributed by atoms with E-state index < -0.39 is 21.4 Å². The van der Waals surface area contributed by atoms with Gasteiger partial charge in [0, 0.05) is 36.8 Å². The first-order valence-corrected chi connectivity index (χ1v) is 12.9. The van der Waals surface area contributed by atoms with E-state index >= 15 is 4.39 Å². The highest BCUT2D eigenvalue weighted by Gasteiger charge is 2.21. The van der Waals surface area contributed by atoms with Crippen molar-refractivity contribution in [3.8, 4) is 11.4 Å². The van der Waals surface area contributed by atoms with Gasteiger partial charge in [0.1, 0.15) is 17.8 Å². The fourth-order valence-corrected chi connectivity index (χ4v) is 5.47. The number of anilines is 1. The Hall–Kier alpha value is -3.70. The van der Waals surface area contributed by atoms with Crippen LogP contribution in [0.25, 0.3) is 16.6 Å². The van der Waals surface area contributed by atoms with Gasteiger partial charge in [0.2, 0.25) is 0 Å². The summed E-state index contributed by atoms with van der Waals surface area (Å²) in [6.07, 6.45) is 3.53. The summed E-state index contributed by atoms with van der Waals surface area (Å²) in [5.74, 6) is 0.270. The first kappa shape index (κ1) is 24.0. The molecule has 0 unspecified atom stereocenters. The normalized spacial score (nSPS) is 14.7. The van der Waals surface area contributed by atoms with Crippen molar-refractivity contribution < 1.29 is 26.8 Å². The molecule has 1 N–H and O–H groups in total. The topological polar surface area (TPSA) is 113 Å². The maximum absolute atomic E-state index is 15.2. The fourth-order valence-electron chi connectivity index (χ4n) is 4.44. The molecule has 1 fully saturated rings. The van der Waals surface area contributed by atoms with Gasteiger partial charge in [-0.05, 0) is 61.1 Å². The molecule has 0 radical (unpaired) electrons. The van der Waals surface area contributed by atoms with Crippen LogP contribution in [0.1, 0.15) is 18.4 Å². The van der Waals surface area contributed by atoms with E-state index in [1.807, 2.05) is 0 Å². The lowest BCUT2D eigenvalue weighted by molar-refractivity contribution is 0.0663. The van der Waals surface area contributed by atoms with Gasteiger partial charge >= 0.3 is 0 Å². The quantitative estimate of drug-likeness (QED) is 0.399. The number of benzene rings is 2. The fraction of sp³-hybridized carbons (Fsp3) is 0.280. The molecule has 11 heteroatoms. The average Bonchev–Trinajstić information content (AvgIpc) is 3.38. The Bertz CT molecular complexity index is 1560. The monoisotopic (exact) mass is 513 g/mol. The van der Waals surface area contributed by atoms with E-state index in [4.69, 9.17) is 9.47 Å². The number of methoxy groups -OCH3 is 1. The van der Waals surface area contributed by atoms with Crippen molar-refractivity contribution in [1.82, 2.24) is 9.72 Å². The summed E-state index contributed by atoms with van der Waals surface area (Å²) in [5, 5.41) is 4.02. The standard InChI is InChI=1S/C25H24FN3O6S/c1-33-23-14-18(12-16-6-9-34-10-7-16)20(26)15-22(23)29-21-4-3-19(13-17(21)2-5-25(29)30)36(31,32)28-24-8-11-35-27-24/h2-5,8,11,13-16H,6-7,9-10,12H2,1H3,(H,27,28). The van der Waals surface area contributed by atoms with Crippen LogP contribution >= 0.6 is 0 Å². The van der Waals surface area contributed by atoms with Crippen LogP contribution in [0.5, 0.6) is 5.75 Å². The summed E-state index contributed by atoms with van der Waals surface area (Å²) in [7, 11) is -2.49. The molecule has 0 amide bonds. The average molecular weight is 514 g/mol. The molecule has 1 aliphatic heterocycles. The van der Waals surface area contributed by atoms with Gasteiger partial charge in [-0.2, -0.15) is 0 Å². The number of hydrogen-bond acceptors (Lipinski definition) is 7. The Kier molecular flexibility index (Phi) is 6.50. The number of aromatic nitrogens is 2. The number of sulfonamides is 1. The van der Waals surface area contributed by atoms with E-state index in [0.717, 1.165) is 12.8 Å². The van der Waals surface area contributed by atoms with Crippen LogP contribution in [0.4, 0.5) is 10.2 Å². The van der Waals surface area contributed by atoms with E-state index in [0.29, 0.717) is 47.8 Å². The summed E-state index contributed by atoms with van der Waals surface area (Å²) in [5.41, 5.74) is 0.743. The molecule has 1 saturated heterocycles.